The molecule has 0 saturated carbocycles. The number of aryl methyl sites for hydroxylation is 1. The lowest BCUT2D eigenvalue weighted by atomic mass is 9.93. The van der Waals surface area contributed by atoms with E-state index in [9.17, 15) is 4.79 Å². The maximum atomic E-state index is 13.1. The predicted octanol–water partition coefficient (Wildman–Crippen LogP) is 2.49. The Kier molecular flexibility index (Phi) is 5.36. The molecule has 7 heteroatoms. The minimum absolute atomic E-state index is 0.248. The van der Waals surface area contributed by atoms with Gasteiger partial charge in [0.2, 0.25) is 0 Å². The number of hydrogen-bond acceptors (Lipinski definition) is 5. The van der Waals surface area contributed by atoms with Gasteiger partial charge in [0.1, 0.15) is 0 Å². The number of amides is 1. The molecule has 0 unspecified atom stereocenters. The molecule has 1 aliphatic heterocycles. The minimum Gasteiger partial charge on any atom is -0.338 e. The number of fused-ring (bicyclic) bond motifs is 1. The van der Waals surface area contributed by atoms with E-state index in [1.54, 1.807) is 11.3 Å². The van der Waals surface area contributed by atoms with Crippen molar-refractivity contribution < 1.29 is 4.79 Å². The summed E-state index contributed by atoms with van der Waals surface area (Å²) in [5.74, 6) is 0.699. The molecule has 4 rings (SSSR count). The average Bonchev–Trinajstić information content (AvgIpc) is 3.28. The summed E-state index contributed by atoms with van der Waals surface area (Å²) in [6.07, 6.45) is 8.92. The number of carbonyl (C=O) groups is 1. The van der Waals surface area contributed by atoms with Crippen LogP contribution in [0.25, 0.3) is 0 Å². The Balaban J connectivity index is 1.41. The zero-order chi connectivity index (χ0) is 17.9. The van der Waals surface area contributed by atoms with Crippen LogP contribution in [-0.2, 0) is 25.9 Å². The van der Waals surface area contributed by atoms with Crippen LogP contribution in [0.2, 0.25) is 0 Å². The van der Waals surface area contributed by atoms with E-state index in [2.05, 4.69) is 25.9 Å². The van der Waals surface area contributed by atoms with Crippen LogP contribution in [0.5, 0.6) is 0 Å². The molecule has 1 saturated heterocycles. The average molecular weight is 374 g/mol. The summed E-state index contributed by atoms with van der Waals surface area (Å²) in [6, 6.07) is 0. The summed E-state index contributed by atoms with van der Waals surface area (Å²) >= 11 is 1.66. The maximum Gasteiger partial charge on any atom is 0.264 e. The number of rotatable bonds is 5. The number of carbonyl (C=O) groups excluding carboxylic acids is 1. The van der Waals surface area contributed by atoms with E-state index in [1.165, 1.54) is 24.0 Å². The van der Waals surface area contributed by atoms with Gasteiger partial charge in [0.15, 0.2) is 0 Å². The summed E-state index contributed by atoms with van der Waals surface area (Å²) in [5, 5.41) is 13.7. The molecule has 1 atom stereocenters. The van der Waals surface area contributed by atoms with Gasteiger partial charge in [0.05, 0.1) is 10.6 Å². The second-order valence-corrected chi connectivity index (χ2v) is 8.38. The first-order valence-electron chi connectivity index (χ1n) is 9.66. The molecule has 2 aromatic rings. The van der Waals surface area contributed by atoms with Crippen molar-refractivity contribution in [1.29, 1.82) is 0 Å². The molecule has 1 amide bonds. The Morgan fingerprint density at radius 3 is 3.12 bits per heavy atom. The first-order chi connectivity index (χ1) is 12.7. The third-order valence-corrected chi connectivity index (χ3v) is 6.55. The van der Waals surface area contributed by atoms with Crippen LogP contribution in [0, 0.1) is 5.92 Å². The van der Waals surface area contributed by atoms with Crippen molar-refractivity contribution in [2.24, 2.45) is 5.92 Å². The lowest BCUT2D eigenvalue weighted by Gasteiger charge is -2.32. The Bertz CT molecular complexity index is 768. The van der Waals surface area contributed by atoms with E-state index < -0.39 is 0 Å². The van der Waals surface area contributed by atoms with Gasteiger partial charge in [-0.2, -0.15) is 0 Å². The topological polar surface area (TPSA) is 63.1 Å². The van der Waals surface area contributed by atoms with Crippen LogP contribution in [0.3, 0.4) is 0 Å². The molecule has 1 aliphatic carbocycles. The molecule has 6 nitrogen and oxygen atoms in total. The molecule has 3 heterocycles. The Labute approximate surface area is 158 Å². The van der Waals surface area contributed by atoms with Crippen LogP contribution in [0.15, 0.2) is 11.6 Å². The lowest BCUT2D eigenvalue weighted by molar-refractivity contribution is 0.0663. The summed E-state index contributed by atoms with van der Waals surface area (Å²) in [6.45, 7) is 3.28. The molecule has 0 bridgehead atoms. The highest BCUT2D eigenvalue weighted by Gasteiger charge is 2.28. The molecule has 1 N–H and O–H groups in total. The molecular weight excluding hydrogens is 346 g/mol. The molecule has 2 aromatic heterocycles. The van der Waals surface area contributed by atoms with Gasteiger partial charge in [-0.15, -0.1) is 16.4 Å². The van der Waals surface area contributed by atoms with Crippen molar-refractivity contribution >= 4 is 17.2 Å². The van der Waals surface area contributed by atoms with Gasteiger partial charge in [-0.3, -0.25) is 9.48 Å². The van der Waals surface area contributed by atoms with Crippen LogP contribution in [0.4, 0.5) is 0 Å². The summed E-state index contributed by atoms with van der Waals surface area (Å²) in [7, 11) is 1.91. The molecule has 2 aliphatic rings. The van der Waals surface area contributed by atoms with Crippen molar-refractivity contribution in [2.75, 3.05) is 20.1 Å². The summed E-state index contributed by atoms with van der Waals surface area (Å²) in [5.41, 5.74) is 3.71. The van der Waals surface area contributed by atoms with E-state index in [0.29, 0.717) is 5.92 Å². The van der Waals surface area contributed by atoms with E-state index in [1.807, 2.05) is 17.9 Å². The fourth-order valence-electron chi connectivity index (χ4n) is 4.20. The zero-order valence-electron chi connectivity index (χ0n) is 15.4. The van der Waals surface area contributed by atoms with E-state index in [4.69, 9.17) is 0 Å². The zero-order valence-corrected chi connectivity index (χ0v) is 16.2. The van der Waals surface area contributed by atoms with E-state index >= 15 is 0 Å². The highest BCUT2D eigenvalue weighted by atomic mass is 32.1. The molecule has 0 aromatic carbocycles. The molecule has 0 radical (unpaired) electrons. The normalized spacial score (nSPS) is 20.2. The van der Waals surface area contributed by atoms with Crippen LogP contribution in [0.1, 0.15) is 52.2 Å². The molecule has 0 spiro atoms. The highest BCUT2D eigenvalue weighted by molar-refractivity contribution is 7.12. The third-order valence-electron chi connectivity index (χ3n) is 5.49. The predicted molar refractivity (Wildman–Crippen MR) is 102 cm³/mol. The first kappa shape index (κ1) is 17.7. The summed E-state index contributed by atoms with van der Waals surface area (Å²) < 4.78 is 1.93. The van der Waals surface area contributed by atoms with Crippen molar-refractivity contribution in [1.82, 2.24) is 25.2 Å². The van der Waals surface area contributed by atoms with Crippen LogP contribution >= 0.6 is 11.3 Å². The second-order valence-electron chi connectivity index (χ2n) is 7.50. The lowest BCUT2D eigenvalue weighted by Crippen LogP contribution is -2.41. The highest BCUT2D eigenvalue weighted by Crippen LogP contribution is 2.31. The number of nitrogens with one attached hydrogen (secondary N) is 1. The van der Waals surface area contributed by atoms with Gasteiger partial charge < -0.3 is 10.2 Å². The fourth-order valence-corrected chi connectivity index (χ4v) is 5.32. The number of hydrogen-bond donors (Lipinski definition) is 1. The van der Waals surface area contributed by atoms with Gasteiger partial charge in [0.25, 0.3) is 5.91 Å². The smallest absolute Gasteiger partial charge is 0.264 e. The Morgan fingerprint density at radius 2 is 2.23 bits per heavy atom. The number of thiophene rings is 1. The number of piperidine rings is 1. The van der Waals surface area contributed by atoms with Crippen LogP contribution in [-0.4, -0.2) is 45.9 Å². The van der Waals surface area contributed by atoms with Crippen molar-refractivity contribution in [3.63, 3.8) is 0 Å². The van der Waals surface area contributed by atoms with Crippen LogP contribution < -0.4 is 5.32 Å². The molecule has 140 valence electrons. The van der Waals surface area contributed by atoms with E-state index in [0.717, 1.165) is 62.4 Å². The van der Waals surface area contributed by atoms with Gasteiger partial charge in [-0.05, 0) is 68.0 Å². The van der Waals surface area contributed by atoms with Gasteiger partial charge in [0, 0.05) is 32.4 Å². The van der Waals surface area contributed by atoms with Crippen molar-refractivity contribution in [3.8, 4) is 0 Å². The fraction of sp³-hybridized carbons (Fsp3) is 0.632. The third kappa shape index (κ3) is 3.69. The molecular formula is C19H27N5OS. The van der Waals surface area contributed by atoms with Gasteiger partial charge >= 0.3 is 0 Å². The van der Waals surface area contributed by atoms with Gasteiger partial charge in [-0.1, -0.05) is 5.21 Å². The standard InChI is InChI=1S/C19H27N5OS/c1-20-9-16-12-24(22-21-16)11-14-5-4-8-23(10-14)19(25)18-17-7-3-2-6-15(17)13-26-18/h12-14,20H,2-11H2,1H3/t14-/m0/s1. The molecule has 1 fully saturated rings. The number of nitrogens with zero attached hydrogens (tertiary/aromatic N) is 4. The summed E-state index contributed by atoms with van der Waals surface area (Å²) in [4.78, 5) is 16.2. The Morgan fingerprint density at radius 1 is 1.35 bits per heavy atom. The monoisotopic (exact) mass is 373 g/mol. The maximum absolute atomic E-state index is 13.1. The van der Waals surface area contributed by atoms with Gasteiger partial charge in [-0.25, -0.2) is 0 Å². The van der Waals surface area contributed by atoms with Crippen molar-refractivity contribution in [3.05, 3.63) is 33.3 Å². The SMILES string of the molecule is CNCc1cn(C[C@H]2CCCN(C(=O)c3scc4c3CCCC4)C2)nn1. The quantitative estimate of drug-likeness (QED) is 0.875. The Hall–Kier alpha value is -1.73. The number of aromatic nitrogens is 3. The van der Waals surface area contributed by atoms with Crippen molar-refractivity contribution in [2.45, 2.75) is 51.6 Å². The largest absolute Gasteiger partial charge is 0.338 e. The second kappa shape index (κ2) is 7.88. The number of likely N-dealkylation sites (tertiary alicyclic amines) is 1. The van der Waals surface area contributed by atoms with E-state index in [-0.39, 0.29) is 5.91 Å². The molecule has 26 heavy (non-hydrogen) atoms. The minimum atomic E-state index is 0.248. The first-order valence-corrected chi connectivity index (χ1v) is 10.5.